The molecule has 1 aromatic carbocycles. The number of benzene rings is 1. The van der Waals surface area contributed by atoms with Gasteiger partial charge in [-0.3, -0.25) is 9.69 Å². The number of rotatable bonds is 3. The molecule has 0 radical (unpaired) electrons. The van der Waals surface area contributed by atoms with Crippen molar-refractivity contribution in [3.63, 3.8) is 0 Å². The van der Waals surface area contributed by atoms with Crippen molar-refractivity contribution in [3.8, 4) is 5.75 Å². The lowest BCUT2D eigenvalue weighted by atomic mass is 9.87. The van der Waals surface area contributed by atoms with E-state index in [-0.39, 0.29) is 16.3 Å². The van der Waals surface area contributed by atoms with Crippen LogP contribution in [0.3, 0.4) is 0 Å². The molecule has 138 valence electrons. The van der Waals surface area contributed by atoms with Crippen LogP contribution in [0.5, 0.6) is 5.75 Å². The molecule has 0 bridgehead atoms. The summed E-state index contributed by atoms with van der Waals surface area (Å²) >= 11 is 0. The zero-order valence-electron chi connectivity index (χ0n) is 14.7. The van der Waals surface area contributed by atoms with Crippen molar-refractivity contribution in [2.45, 2.75) is 29.7 Å². The van der Waals surface area contributed by atoms with Crippen LogP contribution in [0.2, 0.25) is 0 Å². The minimum Gasteiger partial charge on any atom is -0.497 e. The Bertz CT molecular complexity index is 735. The molecule has 2 fully saturated rings. The molecule has 1 spiro atoms. The quantitative estimate of drug-likeness (QED) is 0.850. The largest absolute Gasteiger partial charge is 0.497 e. The van der Waals surface area contributed by atoms with E-state index in [1.54, 1.807) is 35.7 Å². The Labute approximate surface area is 149 Å². The van der Waals surface area contributed by atoms with Crippen LogP contribution in [0, 0.1) is 0 Å². The Morgan fingerprint density at radius 2 is 1.88 bits per heavy atom. The second kappa shape index (κ2) is 6.93. The molecule has 3 rings (SSSR count). The normalized spacial score (nSPS) is 26.2. The topological polar surface area (TPSA) is 79.0 Å². The first-order valence-corrected chi connectivity index (χ1v) is 9.94. The SMILES string of the molecule is COc1ccc(S(=O)(=O)N2CCN(C)C3(CCNC(=O)CC3)C2)cc1. The first-order chi connectivity index (χ1) is 11.9. The Hall–Kier alpha value is -1.64. The molecule has 1 aromatic rings. The number of carbonyl (C=O) groups excluding carboxylic acids is 1. The number of carbonyl (C=O) groups is 1. The number of ether oxygens (including phenoxy) is 1. The lowest BCUT2D eigenvalue weighted by Crippen LogP contribution is -2.62. The third kappa shape index (κ3) is 3.51. The van der Waals surface area contributed by atoms with Crippen LogP contribution >= 0.6 is 0 Å². The van der Waals surface area contributed by atoms with E-state index in [1.165, 1.54) is 0 Å². The molecule has 0 saturated carbocycles. The summed E-state index contributed by atoms with van der Waals surface area (Å²) in [6.07, 6.45) is 1.86. The van der Waals surface area contributed by atoms with Gasteiger partial charge in [-0.15, -0.1) is 0 Å². The lowest BCUT2D eigenvalue weighted by Gasteiger charge is -2.48. The van der Waals surface area contributed by atoms with E-state index in [1.807, 2.05) is 7.05 Å². The average Bonchev–Trinajstić information content (AvgIpc) is 2.80. The van der Waals surface area contributed by atoms with Crippen molar-refractivity contribution in [1.29, 1.82) is 0 Å². The van der Waals surface area contributed by atoms with Gasteiger partial charge in [0.2, 0.25) is 15.9 Å². The van der Waals surface area contributed by atoms with E-state index < -0.39 is 10.0 Å². The highest BCUT2D eigenvalue weighted by Gasteiger charge is 2.44. The maximum atomic E-state index is 13.1. The summed E-state index contributed by atoms with van der Waals surface area (Å²) in [5.41, 5.74) is -0.295. The van der Waals surface area contributed by atoms with Crippen LogP contribution < -0.4 is 10.1 Å². The Morgan fingerprint density at radius 3 is 2.56 bits per heavy atom. The van der Waals surface area contributed by atoms with E-state index >= 15 is 0 Å². The number of sulfonamides is 1. The van der Waals surface area contributed by atoms with E-state index in [9.17, 15) is 13.2 Å². The number of likely N-dealkylation sites (N-methyl/N-ethyl adjacent to an activating group) is 1. The molecular formula is C17H25N3O4S. The first kappa shape index (κ1) is 18.2. The fourth-order valence-corrected chi connectivity index (χ4v) is 5.17. The summed E-state index contributed by atoms with van der Waals surface area (Å²) in [5.74, 6) is 0.669. The Kier molecular flexibility index (Phi) is 5.04. The van der Waals surface area contributed by atoms with Gasteiger partial charge in [-0.2, -0.15) is 4.31 Å². The number of piperazine rings is 1. The summed E-state index contributed by atoms with van der Waals surface area (Å²) in [6.45, 7) is 2.10. The van der Waals surface area contributed by atoms with Gasteiger partial charge >= 0.3 is 0 Å². The molecule has 1 amide bonds. The highest BCUT2D eigenvalue weighted by atomic mass is 32.2. The zero-order valence-corrected chi connectivity index (χ0v) is 15.5. The average molecular weight is 367 g/mol. The minimum atomic E-state index is -3.57. The van der Waals surface area contributed by atoms with Crippen LogP contribution in [0.25, 0.3) is 0 Å². The monoisotopic (exact) mass is 367 g/mol. The molecule has 7 nitrogen and oxygen atoms in total. The van der Waals surface area contributed by atoms with Gasteiger partial charge in [0.15, 0.2) is 0 Å². The maximum absolute atomic E-state index is 13.1. The van der Waals surface area contributed by atoms with Gasteiger partial charge in [0.25, 0.3) is 0 Å². The van der Waals surface area contributed by atoms with E-state index in [2.05, 4.69) is 10.2 Å². The molecule has 1 atom stereocenters. The number of hydrogen-bond donors (Lipinski definition) is 1. The fraction of sp³-hybridized carbons (Fsp3) is 0.588. The second-order valence-electron chi connectivity index (χ2n) is 6.76. The fourth-order valence-electron chi connectivity index (χ4n) is 3.66. The van der Waals surface area contributed by atoms with Crippen molar-refractivity contribution in [3.05, 3.63) is 24.3 Å². The summed E-state index contributed by atoms with van der Waals surface area (Å²) < 4.78 is 32.8. The Balaban J connectivity index is 1.85. The van der Waals surface area contributed by atoms with Crippen LogP contribution in [0.15, 0.2) is 29.2 Å². The number of nitrogens with zero attached hydrogens (tertiary/aromatic N) is 2. The van der Waals surface area contributed by atoms with E-state index in [4.69, 9.17) is 4.74 Å². The molecule has 0 aliphatic carbocycles. The molecule has 1 N–H and O–H groups in total. The molecule has 2 aliphatic rings. The molecule has 2 heterocycles. The van der Waals surface area contributed by atoms with Crippen LogP contribution in [-0.2, 0) is 14.8 Å². The third-order valence-corrected chi connectivity index (χ3v) is 7.25. The molecular weight excluding hydrogens is 342 g/mol. The van der Waals surface area contributed by atoms with Crippen molar-refractivity contribution in [2.24, 2.45) is 0 Å². The van der Waals surface area contributed by atoms with Gasteiger partial charge in [0, 0.05) is 38.1 Å². The number of amides is 1. The van der Waals surface area contributed by atoms with Crippen LogP contribution in [-0.4, -0.2) is 69.4 Å². The summed E-state index contributed by atoms with van der Waals surface area (Å²) in [6, 6.07) is 6.48. The second-order valence-corrected chi connectivity index (χ2v) is 8.70. The highest BCUT2D eigenvalue weighted by Crippen LogP contribution is 2.33. The van der Waals surface area contributed by atoms with Gasteiger partial charge in [0.1, 0.15) is 5.75 Å². The van der Waals surface area contributed by atoms with E-state index in [0.29, 0.717) is 44.8 Å². The maximum Gasteiger partial charge on any atom is 0.243 e. The third-order valence-electron chi connectivity index (χ3n) is 5.39. The van der Waals surface area contributed by atoms with Crippen molar-refractivity contribution in [1.82, 2.24) is 14.5 Å². The van der Waals surface area contributed by atoms with Crippen molar-refractivity contribution < 1.29 is 17.9 Å². The highest BCUT2D eigenvalue weighted by molar-refractivity contribution is 7.89. The van der Waals surface area contributed by atoms with Crippen LogP contribution in [0.1, 0.15) is 19.3 Å². The standard InChI is InChI=1S/C17H25N3O4S/c1-19-11-12-20(13-17(19)8-7-16(21)18-10-9-17)25(22,23)15-5-3-14(24-2)4-6-15/h3-6H,7-13H2,1-2H3,(H,18,21). The van der Waals surface area contributed by atoms with Gasteiger partial charge in [-0.25, -0.2) is 8.42 Å². The van der Waals surface area contributed by atoms with Gasteiger partial charge in [-0.05, 0) is 44.2 Å². The summed E-state index contributed by atoms with van der Waals surface area (Å²) in [4.78, 5) is 14.2. The van der Waals surface area contributed by atoms with Crippen molar-refractivity contribution in [2.75, 3.05) is 40.3 Å². The van der Waals surface area contributed by atoms with Crippen LogP contribution in [0.4, 0.5) is 0 Å². The predicted molar refractivity (Wildman–Crippen MR) is 94.0 cm³/mol. The summed E-state index contributed by atoms with van der Waals surface area (Å²) in [5, 5.41) is 2.89. The smallest absolute Gasteiger partial charge is 0.243 e. The van der Waals surface area contributed by atoms with Gasteiger partial charge in [-0.1, -0.05) is 0 Å². The molecule has 2 saturated heterocycles. The van der Waals surface area contributed by atoms with Gasteiger partial charge < -0.3 is 10.1 Å². The Morgan fingerprint density at radius 1 is 1.16 bits per heavy atom. The minimum absolute atomic E-state index is 0.0420. The zero-order chi connectivity index (χ0) is 18.1. The summed E-state index contributed by atoms with van der Waals surface area (Å²) in [7, 11) is 0.00623. The first-order valence-electron chi connectivity index (χ1n) is 8.50. The van der Waals surface area contributed by atoms with E-state index in [0.717, 1.165) is 6.42 Å². The molecule has 1 unspecified atom stereocenters. The van der Waals surface area contributed by atoms with Gasteiger partial charge in [0.05, 0.1) is 12.0 Å². The number of nitrogens with one attached hydrogen (secondary N) is 1. The molecule has 25 heavy (non-hydrogen) atoms. The molecule has 8 heteroatoms. The number of methoxy groups -OCH3 is 1. The number of hydrogen-bond acceptors (Lipinski definition) is 5. The lowest BCUT2D eigenvalue weighted by molar-refractivity contribution is -0.121. The predicted octanol–water partition coefficient (Wildman–Crippen LogP) is 0.670. The van der Waals surface area contributed by atoms with Crippen molar-refractivity contribution >= 4 is 15.9 Å². The molecule has 0 aromatic heterocycles. The molecule has 2 aliphatic heterocycles.